The van der Waals surface area contributed by atoms with Crippen molar-refractivity contribution in [3.05, 3.63) is 35.6 Å². The number of carbonyl (C=O) groups excluding carboxylic acids is 1. The van der Waals surface area contributed by atoms with Crippen LogP contribution in [0.1, 0.15) is 24.5 Å². The quantitative estimate of drug-likeness (QED) is 0.595. The van der Waals surface area contributed by atoms with Gasteiger partial charge in [-0.15, -0.1) is 0 Å². The molecule has 5 heteroatoms. The topological polar surface area (TPSA) is 58.6 Å². The van der Waals surface area contributed by atoms with Gasteiger partial charge in [0, 0.05) is 13.5 Å². The highest BCUT2D eigenvalue weighted by Crippen LogP contribution is 2.21. The minimum Gasteiger partial charge on any atom is -0.377 e. The van der Waals surface area contributed by atoms with Crippen LogP contribution in [0, 0.1) is 5.82 Å². The van der Waals surface area contributed by atoms with Crippen LogP contribution in [0.25, 0.3) is 0 Å². The lowest BCUT2D eigenvalue weighted by Crippen LogP contribution is -2.19. The summed E-state index contributed by atoms with van der Waals surface area (Å²) in [5.41, 5.74) is 2.35. The van der Waals surface area contributed by atoms with Gasteiger partial charge in [-0.05, 0) is 24.1 Å². The van der Waals surface area contributed by atoms with Crippen LogP contribution < -0.4 is 5.48 Å². The molecule has 1 aromatic carbocycles. The van der Waals surface area contributed by atoms with Gasteiger partial charge in [0.25, 0.3) is 0 Å². The Hall–Kier alpha value is -1.46. The fraction of sp³-hybridized carbons (Fsp3) is 0.364. The molecule has 0 saturated heterocycles. The summed E-state index contributed by atoms with van der Waals surface area (Å²) in [5, 5.41) is 8.34. The zero-order chi connectivity index (χ0) is 12.0. The Morgan fingerprint density at radius 3 is 2.62 bits per heavy atom. The molecule has 0 saturated carbocycles. The number of hydroxylamine groups is 1. The Morgan fingerprint density at radius 2 is 2.12 bits per heavy atom. The van der Waals surface area contributed by atoms with Crippen LogP contribution in [-0.2, 0) is 9.53 Å². The van der Waals surface area contributed by atoms with Gasteiger partial charge >= 0.3 is 0 Å². The zero-order valence-electron chi connectivity index (χ0n) is 8.94. The standard InChI is InChI=1S/C11H14FNO3/c1-16-10(6-7-11(14)13-15)8-2-4-9(12)5-3-8/h2-5,10,15H,6-7H2,1H3,(H,13,14). The van der Waals surface area contributed by atoms with Crippen LogP contribution in [0.2, 0.25) is 0 Å². The van der Waals surface area contributed by atoms with Crippen molar-refractivity contribution >= 4 is 5.91 Å². The van der Waals surface area contributed by atoms with Crippen LogP contribution in [0.15, 0.2) is 24.3 Å². The van der Waals surface area contributed by atoms with Gasteiger partial charge < -0.3 is 4.74 Å². The highest BCUT2D eigenvalue weighted by Gasteiger charge is 2.12. The van der Waals surface area contributed by atoms with Crippen LogP contribution in [-0.4, -0.2) is 18.2 Å². The molecular weight excluding hydrogens is 213 g/mol. The SMILES string of the molecule is COC(CCC(=O)NO)c1ccc(F)cc1. The number of amides is 1. The first kappa shape index (κ1) is 12.6. The van der Waals surface area contributed by atoms with E-state index < -0.39 is 5.91 Å². The molecule has 1 atom stereocenters. The van der Waals surface area contributed by atoms with E-state index in [-0.39, 0.29) is 18.3 Å². The average molecular weight is 227 g/mol. The summed E-state index contributed by atoms with van der Waals surface area (Å²) in [7, 11) is 1.52. The average Bonchev–Trinajstić information content (AvgIpc) is 2.31. The van der Waals surface area contributed by atoms with Crippen molar-refractivity contribution in [2.45, 2.75) is 18.9 Å². The van der Waals surface area contributed by atoms with Crippen LogP contribution >= 0.6 is 0 Å². The van der Waals surface area contributed by atoms with E-state index in [9.17, 15) is 9.18 Å². The summed E-state index contributed by atoms with van der Waals surface area (Å²) in [6.45, 7) is 0. The largest absolute Gasteiger partial charge is 0.377 e. The van der Waals surface area contributed by atoms with Gasteiger partial charge in [0.15, 0.2) is 0 Å². The van der Waals surface area contributed by atoms with Gasteiger partial charge in [-0.25, -0.2) is 9.87 Å². The summed E-state index contributed by atoms with van der Waals surface area (Å²) >= 11 is 0. The van der Waals surface area contributed by atoms with E-state index in [1.54, 1.807) is 17.6 Å². The van der Waals surface area contributed by atoms with Crippen LogP contribution in [0.4, 0.5) is 4.39 Å². The normalized spacial score (nSPS) is 12.2. The second kappa shape index (κ2) is 6.19. The molecule has 0 heterocycles. The monoisotopic (exact) mass is 227 g/mol. The van der Waals surface area contributed by atoms with Crippen molar-refractivity contribution in [3.63, 3.8) is 0 Å². The molecule has 1 aromatic rings. The lowest BCUT2D eigenvalue weighted by atomic mass is 10.0. The predicted molar refractivity (Wildman–Crippen MR) is 55.3 cm³/mol. The third-order valence-electron chi connectivity index (χ3n) is 2.28. The number of nitrogens with one attached hydrogen (secondary N) is 1. The first-order valence-electron chi connectivity index (χ1n) is 4.88. The fourth-order valence-corrected chi connectivity index (χ4v) is 1.42. The van der Waals surface area contributed by atoms with Gasteiger partial charge in [0.05, 0.1) is 6.10 Å². The van der Waals surface area contributed by atoms with Gasteiger partial charge in [-0.3, -0.25) is 10.0 Å². The van der Waals surface area contributed by atoms with E-state index in [1.807, 2.05) is 0 Å². The second-order valence-electron chi connectivity index (χ2n) is 3.35. The summed E-state index contributed by atoms with van der Waals surface area (Å²) in [5.74, 6) is -0.782. The zero-order valence-corrected chi connectivity index (χ0v) is 8.94. The third-order valence-corrected chi connectivity index (χ3v) is 2.28. The van der Waals surface area contributed by atoms with Gasteiger partial charge in [0.2, 0.25) is 5.91 Å². The Kier molecular flexibility index (Phi) is 4.88. The van der Waals surface area contributed by atoms with E-state index in [0.29, 0.717) is 6.42 Å². The molecule has 0 aliphatic rings. The van der Waals surface area contributed by atoms with E-state index in [0.717, 1.165) is 5.56 Å². The van der Waals surface area contributed by atoms with Gasteiger partial charge in [-0.1, -0.05) is 12.1 Å². The maximum Gasteiger partial charge on any atom is 0.243 e. The molecule has 4 nitrogen and oxygen atoms in total. The third kappa shape index (κ3) is 3.60. The molecule has 1 rings (SSSR count). The van der Waals surface area contributed by atoms with Crippen molar-refractivity contribution in [2.75, 3.05) is 7.11 Å². The molecule has 88 valence electrons. The second-order valence-corrected chi connectivity index (χ2v) is 3.35. The summed E-state index contributed by atoms with van der Waals surface area (Å²) in [6.07, 6.45) is 0.291. The molecule has 2 N–H and O–H groups in total. The molecule has 1 amide bonds. The maximum atomic E-state index is 12.7. The number of hydrogen-bond acceptors (Lipinski definition) is 3. The number of halogens is 1. The number of methoxy groups -OCH3 is 1. The lowest BCUT2D eigenvalue weighted by Gasteiger charge is -2.14. The first-order valence-corrected chi connectivity index (χ1v) is 4.88. The minimum absolute atomic E-state index is 0.145. The smallest absolute Gasteiger partial charge is 0.243 e. The van der Waals surface area contributed by atoms with Gasteiger partial charge in [0.1, 0.15) is 5.82 Å². The van der Waals surface area contributed by atoms with Crippen LogP contribution in [0.5, 0.6) is 0 Å². The first-order chi connectivity index (χ1) is 7.67. The fourth-order valence-electron chi connectivity index (χ4n) is 1.42. The molecule has 0 fully saturated rings. The number of ether oxygens (including phenoxy) is 1. The number of benzene rings is 1. The molecular formula is C11H14FNO3. The molecule has 0 radical (unpaired) electrons. The minimum atomic E-state index is -0.468. The highest BCUT2D eigenvalue weighted by molar-refractivity contribution is 5.74. The molecule has 0 aromatic heterocycles. The Bertz CT molecular complexity index is 340. The molecule has 0 bridgehead atoms. The molecule has 1 unspecified atom stereocenters. The number of rotatable bonds is 5. The van der Waals surface area contributed by atoms with Crippen molar-refractivity contribution in [1.29, 1.82) is 0 Å². The summed E-state index contributed by atoms with van der Waals surface area (Å²) < 4.78 is 17.9. The predicted octanol–water partition coefficient (Wildman–Crippen LogP) is 1.80. The molecule has 0 aliphatic carbocycles. The van der Waals surface area contributed by atoms with Crippen LogP contribution in [0.3, 0.4) is 0 Å². The van der Waals surface area contributed by atoms with Crippen molar-refractivity contribution in [3.8, 4) is 0 Å². The maximum absolute atomic E-state index is 12.7. The number of carbonyl (C=O) groups is 1. The van der Waals surface area contributed by atoms with Crippen molar-refractivity contribution in [1.82, 2.24) is 5.48 Å². The van der Waals surface area contributed by atoms with E-state index in [4.69, 9.17) is 9.94 Å². The van der Waals surface area contributed by atoms with E-state index in [2.05, 4.69) is 0 Å². The van der Waals surface area contributed by atoms with E-state index in [1.165, 1.54) is 19.2 Å². The molecule has 0 aliphatic heterocycles. The Labute approximate surface area is 93.0 Å². The van der Waals surface area contributed by atoms with Crippen molar-refractivity contribution in [2.24, 2.45) is 0 Å². The van der Waals surface area contributed by atoms with Crippen molar-refractivity contribution < 1.29 is 19.1 Å². The van der Waals surface area contributed by atoms with Gasteiger partial charge in [-0.2, -0.15) is 0 Å². The number of hydrogen-bond donors (Lipinski definition) is 2. The highest BCUT2D eigenvalue weighted by atomic mass is 19.1. The Balaban J connectivity index is 2.60. The summed E-state index contributed by atoms with van der Waals surface area (Å²) in [6, 6.07) is 5.90. The summed E-state index contributed by atoms with van der Waals surface area (Å²) in [4.78, 5) is 10.8. The Morgan fingerprint density at radius 1 is 1.50 bits per heavy atom. The van der Waals surface area contributed by atoms with E-state index >= 15 is 0 Å². The lowest BCUT2D eigenvalue weighted by molar-refractivity contribution is -0.129. The molecule has 16 heavy (non-hydrogen) atoms. The molecule has 0 spiro atoms.